The third-order valence-corrected chi connectivity index (χ3v) is 5.90. The Bertz CT molecular complexity index is 909. The Morgan fingerprint density at radius 1 is 1.11 bits per heavy atom. The van der Waals surface area contributed by atoms with E-state index in [9.17, 15) is 9.59 Å². The molecule has 148 valence electrons. The van der Waals surface area contributed by atoms with Crippen LogP contribution in [0.1, 0.15) is 67.2 Å². The normalized spacial score (nSPS) is 22.5. The number of nitrogens with zero attached hydrogens (tertiary/aromatic N) is 2. The number of hydrogen-bond acceptors (Lipinski definition) is 3. The number of benzene rings is 1. The fraction of sp³-hybridized carbons (Fsp3) is 0.478. The molecule has 1 unspecified atom stereocenters. The number of carbonyl (C=O) groups is 2. The lowest BCUT2D eigenvalue weighted by Gasteiger charge is -2.37. The van der Waals surface area contributed by atoms with Gasteiger partial charge in [0.15, 0.2) is 5.78 Å². The van der Waals surface area contributed by atoms with Gasteiger partial charge in [-0.25, -0.2) is 0 Å². The fourth-order valence-electron chi connectivity index (χ4n) is 4.22. The quantitative estimate of drug-likeness (QED) is 0.742. The van der Waals surface area contributed by atoms with E-state index in [0.717, 1.165) is 18.4 Å². The minimum Gasteiger partial charge on any atom is -0.486 e. The van der Waals surface area contributed by atoms with Crippen molar-refractivity contribution in [2.24, 2.45) is 0 Å². The molecule has 1 amide bonds. The summed E-state index contributed by atoms with van der Waals surface area (Å²) in [6, 6.07) is 9.37. The van der Waals surface area contributed by atoms with Gasteiger partial charge in [-0.1, -0.05) is 12.1 Å². The smallest absolute Gasteiger partial charge is 0.255 e. The van der Waals surface area contributed by atoms with Crippen LogP contribution in [0.15, 0.2) is 42.7 Å². The topological polar surface area (TPSA) is 51.5 Å². The zero-order valence-electron chi connectivity index (χ0n) is 16.9. The van der Waals surface area contributed by atoms with E-state index in [1.807, 2.05) is 47.6 Å². The first-order chi connectivity index (χ1) is 13.3. The van der Waals surface area contributed by atoms with Crippen LogP contribution >= 0.6 is 0 Å². The van der Waals surface area contributed by atoms with Crippen LogP contribution in [0.3, 0.4) is 0 Å². The number of rotatable bonds is 1. The highest BCUT2D eigenvalue weighted by Crippen LogP contribution is 2.39. The molecule has 0 bridgehead atoms. The van der Waals surface area contributed by atoms with E-state index in [1.54, 1.807) is 0 Å². The number of ketones is 1. The summed E-state index contributed by atoms with van der Waals surface area (Å²) in [5.41, 5.74) is 0.855. The van der Waals surface area contributed by atoms with Crippen LogP contribution in [-0.2, 0) is 5.54 Å². The van der Waals surface area contributed by atoms with Crippen molar-refractivity contribution < 1.29 is 14.3 Å². The maximum absolute atomic E-state index is 13.0. The molecule has 2 aliphatic rings. The Hall–Kier alpha value is -2.56. The number of para-hydroxylation sites is 1. The predicted molar refractivity (Wildman–Crippen MR) is 108 cm³/mol. The second kappa shape index (κ2) is 6.80. The summed E-state index contributed by atoms with van der Waals surface area (Å²) in [5.74, 6) is 0.882. The molecule has 0 N–H and O–H groups in total. The van der Waals surface area contributed by atoms with Gasteiger partial charge in [-0.3, -0.25) is 9.59 Å². The molecule has 1 aromatic carbocycles. The van der Waals surface area contributed by atoms with Gasteiger partial charge in [-0.2, -0.15) is 0 Å². The summed E-state index contributed by atoms with van der Waals surface area (Å²) in [4.78, 5) is 27.6. The molecule has 1 fully saturated rings. The van der Waals surface area contributed by atoms with Crippen molar-refractivity contribution in [3.8, 4) is 5.75 Å². The standard InChI is InChI=1S/C23H28N2O3/c1-22(2,3)25-13-9-17(16-25)21(27)24-12-6-10-23(11-14-24)15-19(26)18-7-4-5-8-20(18)28-23/h4-5,7-9,13,16H,6,10-12,14-15H2,1-3H3. The van der Waals surface area contributed by atoms with Crippen molar-refractivity contribution in [3.05, 3.63) is 53.9 Å². The van der Waals surface area contributed by atoms with Crippen molar-refractivity contribution in [2.75, 3.05) is 13.1 Å². The molecular formula is C23H28N2O3. The number of likely N-dealkylation sites (tertiary alicyclic amines) is 1. The molecule has 1 aromatic heterocycles. The highest BCUT2D eigenvalue weighted by Gasteiger charge is 2.42. The van der Waals surface area contributed by atoms with E-state index >= 15 is 0 Å². The van der Waals surface area contributed by atoms with Gasteiger partial charge in [0.25, 0.3) is 5.91 Å². The molecule has 5 nitrogen and oxygen atoms in total. The number of hydrogen-bond donors (Lipinski definition) is 0. The van der Waals surface area contributed by atoms with Gasteiger partial charge in [0.05, 0.1) is 17.5 Å². The molecule has 0 saturated carbocycles. The first-order valence-corrected chi connectivity index (χ1v) is 10.1. The van der Waals surface area contributed by atoms with Gasteiger partial charge in [0, 0.05) is 37.4 Å². The average Bonchev–Trinajstić information content (AvgIpc) is 3.07. The molecule has 28 heavy (non-hydrogen) atoms. The van der Waals surface area contributed by atoms with Gasteiger partial charge < -0.3 is 14.2 Å². The minimum atomic E-state index is -0.488. The van der Waals surface area contributed by atoms with E-state index in [1.165, 1.54) is 0 Å². The van der Waals surface area contributed by atoms with Crippen molar-refractivity contribution in [1.82, 2.24) is 9.47 Å². The van der Waals surface area contributed by atoms with E-state index in [4.69, 9.17) is 4.74 Å². The fourth-order valence-corrected chi connectivity index (χ4v) is 4.22. The molecule has 3 heterocycles. The second-order valence-corrected chi connectivity index (χ2v) is 9.01. The summed E-state index contributed by atoms with van der Waals surface area (Å²) in [7, 11) is 0. The third kappa shape index (κ3) is 3.46. The maximum Gasteiger partial charge on any atom is 0.255 e. The Labute approximate surface area is 166 Å². The van der Waals surface area contributed by atoms with Crippen LogP contribution in [-0.4, -0.2) is 39.8 Å². The summed E-state index contributed by atoms with van der Waals surface area (Å²) < 4.78 is 8.40. The summed E-state index contributed by atoms with van der Waals surface area (Å²) >= 11 is 0. The highest BCUT2D eigenvalue weighted by molar-refractivity contribution is 6.00. The van der Waals surface area contributed by atoms with Crippen molar-refractivity contribution in [3.63, 3.8) is 0 Å². The zero-order valence-corrected chi connectivity index (χ0v) is 16.9. The van der Waals surface area contributed by atoms with E-state index in [0.29, 0.717) is 37.2 Å². The maximum atomic E-state index is 13.0. The molecule has 2 aliphatic heterocycles. The lowest BCUT2D eigenvalue weighted by atomic mass is 9.84. The summed E-state index contributed by atoms with van der Waals surface area (Å²) in [5, 5.41) is 0. The van der Waals surface area contributed by atoms with Crippen LogP contribution in [0.2, 0.25) is 0 Å². The van der Waals surface area contributed by atoms with Gasteiger partial charge in [0.2, 0.25) is 0 Å². The lowest BCUT2D eigenvalue weighted by Crippen LogP contribution is -2.43. The monoisotopic (exact) mass is 380 g/mol. The number of carbonyl (C=O) groups excluding carboxylic acids is 2. The largest absolute Gasteiger partial charge is 0.486 e. The molecule has 0 radical (unpaired) electrons. The number of Topliss-reactive ketones (excluding diaryl/α,β-unsaturated/α-hetero) is 1. The third-order valence-electron chi connectivity index (χ3n) is 5.90. The SMILES string of the molecule is CC(C)(C)n1ccc(C(=O)N2CCCC3(CC2)CC(=O)c2ccccc2O3)c1. The van der Waals surface area contributed by atoms with Crippen molar-refractivity contribution >= 4 is 11.7 Å². The van der Waals surface area contributed by atoms with Crippen molar-refractivity contribution in [1.29, 1.82) is 0 Å². The molecular weight excluding hydrogens is 352 g/mol. The van der Waals surface area contributed by atoms with Crippen LogP contribution in [0.4, 0.5) is 0 Å². The molecule has 1 saturated heterocycles. The van der Waals surface area contributed by atoms with E-state index in [-0.39, 0.29) is 17.2 Å². The summed E-state index contributed by atoms with van der Waals surface area (Å²) in [6.07, 6.45) is 6.60. The van der Waals surface area contributed by atoms with Gasteiger partial charge in [0.1, 0.15) is 11.4 Å². The Kier molecular flexibility index (Phi) is 4.56. The van der Waals surface area contributed by atoms with Crippen LogP contribution in [0.5, 0.6) is 5.75 Å². The number of aromatic nitrogens is 1. The minimum absolute atomic E-state index is 0.0505. The zero-order chi connectivity index (χ0) is 19.9. The van der Waals surface area contributed by atoms with E-state index in [2.05, 4.69) is 25.3 Å². The van der Waals surface area contributed by atoms with Crippen LogP contribution in [0.25, 0.3) is 0 Å². The van der Waals surface area contributed by atoms with Gasteiger partial charge in [-0.05, 0) is 51.8 Å². The summed E-state index contributed by atoms with van der Waals surface area (Å²) in [6.45, 7) is 7.65. The second-order valence-electron chi connectivity index (χ2n) is 9.01. The average molecular weight is 380 g/mol. The number of ether oxygens (including phenoxy) is 1. The molecule has 2 aromatic rings. The molecule has 1 spiro atoms. The first kappa shape index (κ1) is 18.8. The Morgan fingerprint density at radius 3 is 2.64 bits per heavy atom. The van der Waals surface area contributed by atoms with Gasteiger partial charge >= 0.3 is 0 Å². The van der Waals surface area contributed by atoms with Crippen LogP contribution in [0, 0.1) is 0 Å². The van der Waals surface area contributed by atoms with Crippen molar-refractivity contribution in [2.45, 2.75) is 57.6 Å². The number of amides is 1. The Morgan fingerprint density at radius 2 is 1.89 bits per heavy atom. The molecule has 0 aliphatic carbocycles. The van der Waals surface area contributed by atoms with E-state index < -0.39 is 5.60 Å². The first-order valence-electron chi connectivity index (χ1n) is 10.1. The predicted octanol–water partition coefficient (Wildman–Crippen LogP) is 4.27. The number of fused-ring (bicyclic) bond motifs is 1. The van der Waals surface area contributed by atoms with Gasteiger partial charge in [-0.15, -0.1) is 0 Å². The Balaban J connectivity index is 1.49. The molecule has 5 heteroatoms. The highest BCUT2D eigenvalue weighted by atomic mass is 16.5. The van der Waals surface area contributed by atoms with Crippen LogP contribution < -0.4 is 4.74 Å². The lowest BCUT2D eigenvalue weighted by molar-refractivity contribution is 0.0300. The molecule has 4 rings (SSSR count). The molecule has 1 atom stereocenters.